The van der Waals surface area contributed by atoms with Gasteiger partial charge in [0.1, 0.15) is 0 Å². The minimum Gasteiger partial charge on any atom is -0.424 e. The van der Waals surface area contributed by atoms with Crippen LogP contribution in [-0.4, -0.2) is 24.8 Å². The van der Waals surface area contributed by atoms with E-state index in [-0.39, 0.29) is 12.5 Å². The van der Waals surface area contributed by atoms with Gasteiger partial charge in [0, 0.05) is 13.0 Å². The summed E-state index contributed by atoms with van der Waals surface area (Å²) in [7, 11) is 0. The van der Waals surface area contributed by atoms with Crippen LogP contribution in [0.15, 0.2) is 12.7 Å². The molecule has 0 rings (SSSR count). The monoisotopic (exact) mass is 236 g/mol. The van der Waals surface area contributed by atoms with Crippen LogP contribution in [-0.2, 0) is 14.3 Å². The number of rotatable bonds is 7. The number of carbonyl (C=O) groups is 1. The molecule has 0 aliphatic heterocycles. The first-order valence-electron chi connectivity index (χ1n) is 5.13. The summed E-state index contributed by atoms with van der Waals surface area (Å²) < 4.78 is 34.9. The zero-order valence-corrected chi connectivity index (χ0v) is 9.83. The van der Waals surface area contributed by atoms with E-state index in [0.717, 1.165) is 19.4 Å². The number of hydrogen-bond donors (Lipinski definition) is 0. The van der Waals surface area contributed by atoms with Crippen molar-refractivity contribution < 1.29 is 23.0 Å². The first-order chi connectivity index (χ1) is 7.35. The molecule has 0 aromatic carbocycles. The summed E-state index contributed by atoms with van der Waals surface area (Å²) in [6.07, 6.45) is -1.28. The fraction of sp³-hybridized carbons (Fsp3) is 0.727. The van der Waals surface area contributed by atoms with E-state index in [2.05, 4.69) is 11.3 Å². The van der Waals surface area contributed by atoms with Gasteiger partial charge in [0.05, 0.1) is 6.61 Å². The highest BCUT2D eigenvalue weighted by atomic mass is 19.3. The summed E-state index contributed by atoms with van der Waals surface area (Å²) >= 11 is 0. The molecule has 0 amide bonds. The SMILES string of the molecule is C=CC(=O)OC(C)(OCC(C)CC)C(F)F. The Morgan fingerprint density at radius 2 is 2.12 bits per heavy atom. The van der Waals surface area contributed by atoms with Crippen LogP contribution >= 0.6 is 0 Å². The largest absolute Gasteiger partial charge is 0.424 e. The second-order valence-corrected chi connectivity index (χ2v) is 3.77. The topological polar surface area (TPSA) is 35.5 Å². The molecule has 2 unspecified atom stereocenters. The van der Waals surface area contributed by atoms with Crippen molar-refractivity contribution in [3.63, 3.8) is 0 Å². The van der Waals surface area contributed by atoms with E-state index in [1.807, 2.05) is 13.8 Å². The fourth-order valence-electron chi connectivity index (χ4n) is 0.804. The molecule has 0 N–H and O–H groups in total. The Morgan fingerprint density at radius 3 is 2.50 bits per heavy atom. The molecule has 0 aromatic rings. The number of carbonyl (C=O) groups excluding carboxylic acids is 1. The van der Waals surface area contributed by atoms with Crippen LogP contribution in [0.3, 0.4) is 0 Å². The van der Waals surface area contributed by atoms with Crippen molar-refractivity contribution in [2.45, 2.75) is 39.4 Å². The molecule has 0 aliphatic rings. The maximum absolute atomic E-state index is 12.7. The summed E-state index contributed by atoms with van der Waals surface area (Å²) in [5.74, 6) is -3.00. The second kappa shape index (κ2) is 6.58. The van der Waals surface area contributed by atoms with Crippen molar-refractivity contribution in [2.24, 2.45) is 5.92 Å². The van der Waals surface area contributed by atoms with Gasteiger partial charge in [-0.15, -0.1) is 0 Å². The van der Waals surface area contributed by atoms with E-state index in [9.17, 15) is 13.6 Å². The Bertz CT molecular complexity index is 243. The third kappa shape index (κ3) is 4.70. The molecule has 0 fully saturated rings. The van der Waals surface area contributed by atoms with E-state index >= 15 is 0 Å². The molecule has 0 saturated heterocycles. The maximum Gasteiger partial charge on any atom is 0.332 e. The third-order valence-electron chi connectivity index (χ3n) is 2.22. The summed E-state index contributed by atoms with van der Waals surface area (Å²) in [6, 6.07) is 0. The van der Waals surface area contributed by atoms with Crippen LogP contribution in [0.2, 0.25) is 0 Å². The minimum absolute atomic E-state index is 0.113. The van der Waals surface area contributed by atoms with Crippen molar-refractivity contribution in [3.8, 4) is 0 Å². The summed E-state index contributed by atoms with van der Waals surface area (Å²) in [6.45, 7) is 8.08. The number of ether oxygens (including phenoxy) is 2. The standard InChI is InChI=1S/C11H18F2O3/c1-5-8(3)7-15-11(4,10(12)13)16-9(14)6-2/h6,8,10H,2,5,7H2,1,3-4H3. The smallest absolute Gasteiger partial charge is 0.332 e. The molecule has 0 bridgehead atoms. The van der Waals surface area contributed by atoms with E-state index in [1.54, 1.807) is 0 Å². The van der Waals surface area contributed by atoms with Crippen LogP contribution in [0.4, 0.5) is 8.78 Å². The van der Waals surface area contributed by atoms with Gasteiger partial charge in [0.25, 0.3) is 5.79 Å². The van der Waals surface area contributed by atoms with Gasteiger partial charge in [-0.2, -0.15) is 0 Å². The number of halogens is 2. The molecule has 0 aromatic heterocycles. The molecule has 5 heteroatoms. The number of alkyl halides is 2. The van der Waals surface area contributed by atoms with Gasteiger partial charge < -0.3 is 9.47 Å². The Balaban J connectivity index is 4.44. The van der Waals surface area contributed by atoms with E-state index in [0.29, 0.717) is 0 Å². The molecular weight excluding hydrogens is 218 g/mol. The fourth-order valence-corrected chi connectivity index (χ4v) is 0.804. The molecule has 0 aliphatic carbocycles. The van der Waals surface area contributed by atoms with Gasteiger partial charge in [-0.05, 0) is 5.92 Å². The lowest BCUT2D eigenvalue weighted by Crippen LogP contribution is -2.42. The van der Waals surface area contributed by atoms with Gasteiger partial charge >= 0.3 is 12.4 Å². The van der Waals surface area contributed by atoms with Gasteiger partial charge in [-0.3, -0.25) is 0 Å². The minimum atomic E-state index is -2.90. The van der Waals surface area contributed by atoms with Crippen LogP contribution in [0.25, 0.3) is 0 Å². The molecule has 2 atom stereocenters. The molecular formula is C11H18F2O3. The molecule has 3 nitrogen and oxygen atoms in total. The van der Waals surface area contributed by atoms with Crippen LogP contribution < -0.4 is 0 Å². The lowest BCUT2D eigenvalue weighted by molar-refractivity contribution is -0.272. The average molecular weight is 236 g/mol. The second-order valence-electron chi connectivity index (χ2n) is 3.77. The Hall–Kier alpha value is -0.970. The normalized spacial score (nSPS) is 16.6. The van der Waals surface area contributed by atoms with E-state index in [1.165, 1.54) is 0 Å². The van der Waals surface area contributed by atoms with E-state index < -0.39 is 18.2 Å². The Kier molecular flexibility index (Phi) is 6.18. The van der Waals surface area contributed by atoms with Crippen molar-refractivity contribution in [2.75, 3.05) is 6.61 Å². The predicted molar refractivity (Wildman–Crippen MR) is 56.1 cm³/mol. The van der Waals surface area contributed by atoms with Gasteiger partial charge in [0.15, 0.2) is 0 Å². The molecule has 0 spiro atoms. The van der Waals surface area contributed by atoms with Crippen LogP contribution in [0.1, 0.15) is 27.2 Å². The van der Waals surface area contributed by atoms with Crippen molar-refractivity contribution in [3.05, 3.63) is 12.7 Å². The number of hydrogen-bond acceptors (Lipinski definition) is 3. The van der Waals surface area contributed by atoms with Gasteiger partial charge in [-0.1, -0.05) is 26.8 Å². The first-order valence-corrected chi connectivity index (χ1v) is 5.13. The Morgan fingerprint density at radius 1 is 1.56 bits per heavy atom. The van der Waals surface area contributed by atoms with Crippen LogP contribution in [0, 0.1) is 5.92 Å². The van der Waals surface area contributed by atoms with Crippen molar-refractivity contribution in [1.82, 2.24) is 0 Å². The third-order valence-corrected chi connectivity index (χ3v) is 2.22. The van der Waals surface area contributed by atoms with Crippen molar-refractivity contribution >= 4 is 5.97 Å². The maximum atomic E-state index is 12.7. The highest BCUT2D eigenvalue weighted by Crippen LogP contribution is 2.23. The lowest BCUT2D eigenvalue weighted by Gasteiger charge is -2.29. The predicted octanol–water partition coefficient (Wildman–Crippen LogP) is 2.76. The highest BCUT2D eigenvalue weighted by Gasteiger charge is 2.40. The molecule has 0 radical (unpaired) electrons. The van der Waals surface area contributed by atoms with Gasteiger partial charge in [-0.25, -0.2) is 13.6 Å². The summed E-state index contributed by atoms with van der Waals surface area (Å²) in [5, 5.41) is 0. The molecule has 0 heterocycles. The van der Waals surface area contributed by atoms with Crippen LogP contribution in [0.5, 0.6) is 0 Å². The molecule has 0 saturated carbocycles. The zero-order valence-electron chi connectivity index (χ0n) is 9.83. The number of esters is 1. The van der Waals surface area contributed by atoms with Gasteiger partial charge in [0.2, 0.25) is 0 Å². The lowest BCUT2D eigenvalue weighted by atomic mass is 10.1. The van der Waals surface area contributed by atoms with E-state index in [4.69, 9.17) is 4.74 Å². The van der Waals surface area contributed by atoms with Crippen molar-refractivity contribution in [1.29, 1.82) is 0 Å². The highest BCUT2D eigenvalue weighted by molar-refractivity contribution is 5.81. The molecule has 16 heavy (non-hydrogen) atoms. The summed E-state index contributed by atoms with van der Waals surface area (Å²) in [4.78, 5) is 10.9. The zero-order chi connectivity index (χ0) is 12.8. The average Bonchev–Trinajstić information content (AvgIpc) is 2.25. The first kappa shape index (κ1) is 15.0. The Labute approximate surface area is 94.4 Å². The quantitative estimate of drug-likeness (QED) is 0.387. The summed E-state index contributed by atoms with van der Waals surface area (Å²) in [5.41, 5.74) is 0. The molecule has 94 valence electrons.